The summed E-state index contributed by atoms with van der Waals surface area (Å²) in [5.74, 6) is 2.03. The first-order valence-corrected chi connectivity index (χ1v) is 18.7. The van der Waals surface area contributed by atoms with Gasteiger partial charge in [-0.15, -0.1) is 0 Å². The predicted octanol–water partition coefficient (Wildman–Crippen LogP) is 9.99. The second-order valence-corrected chi connectivity index (χ2v) is 13.4. The summed E-state index contributed by atoms with van der Waals surface area (Å²) >= 11 is 1.93. The summed E-state index contributed by atoms with van der Waals surface area (Å²) in [5.41, 5.74) is 0. The zero-order valence-corrected chi connectivity index (χ0v) is 28.8. The van der Waals surface area contributed by atoms with Crippen molar-refractivity contribution < 1.29 is 19.1 Å². The van der Waals surface area contributed by atoms with Crippen LogP contribution in [0.25, 0.3) is 0 Å². The van der Waals surface area contributed by atoms with E-state index in [4.69, 9.17) is 9.47 Å². The van der Waals surface area contributed by atoms with Crippen LogP contribution >= 0.6 is 11.8 Å². The maximum atomic E-state index is 12.8. The van der Waals surface area contributed by atoms with Crippen molar-refractivity contribution in [3.05, 3.63) is 0 Å². The number of unbranched alkanes of at least 4 members (excludes halogenated alkanes) is 14. The summed E-state index contributed by atoms with van der Waals surface area (Å²) in [6, 6.07) is 0. The molecular formula is C35H69NO4S. The Morgan fingerprint density at radius 2 is 1.20 bits per heavy atom. The van der Waals surface area contributed by atoms with Crippen LogP contribution in [0.15, 0.2) is 0 Å². The van der Waals surface area contributed by atoms with E-state index in [0.29, 0.717) is 13.0 Å². The van der Waals surface area contributed by atoms with Gasteiger partial charge in [-0.1, -0.05) is 117 Å². The Labute approximate surface area is 260 Å². The van der Waals surface area contributed by atoms with Gasteiger partial charge in [-0.25, -0.2) is 0 Å². The van der Waals surface area contributed by atoms with Crippen LogP contribution in [-0.2, 0) is 19.1 Å². The summed E-state index contributed by atoms with van der Waals surface area (Å²) in [4.78, 5) is 27.2. The minimum atomic E-state index is -0.0101. The molecule has 1 atom stereocenters. The first kappa shape index (κ1) is 40.2. The van der Waals surface area contributed by atoms with Crippen molar-refractivity contribution in [2.24, 2.45) is 5.92 Å². The van der Waals surface area contributed by atoms with E-state index < -0.39 is 0 Å². The van der Waals surface area contributed by atoms with E-state index in [9.17, 15) is 9.59 Å². The molecule has 0 aliphatic carbocycles. The second kappa shape index (κ2) is 30.7. The van der Waals surface area contributed by atoms with E-state index in [1.54, 1.807) is 0 Å². The Hall–Kier alpha value is -0.750. The highest BCUT2D eigenvalue weighted by Gasteiger charge is 2.20. The van der Waals surface area contributed by atoms with Crippen molar-refractivity contribution in [2.75, 3.05) is 38.8 Å². The molecular weight excluding hydrogens is 530 g/mol. The van der Waals surface area contributed by atoms with Gasteiger partial charge in [0.15, 0.2) is 0 Å². The van der Waals surface area contributed by atoms with Crippen molar-refractivity contribution >= 4 is 23.7 Å². The summed E-state index contributed by atoms with van der Waals surface area (Å²) in [7, 11) is 4.14. The summed E-state index contributed by atoms with van der Waals surface area (Å²) in [6.07, 6.45) is 25.0. The molecule has 0 N–H and O–H groups in total. The lowest BCUT2D eigenvalue weighted by molar-refractivity contribution is -0.150. The predicted molar refractivity (Wildman–Crippen MR) is 179 cm³/mol. The number of hydrogen-bond acceptors (Lipinski definition) is 6. The molecule has 6 heteroatoms. The molecule has 5 nitrogen and oxygen atoms in total. The Bertz CT molecular complexity index is 579. The monoisotopic (exact) mass is 599 g/mol. The molecule has 0 saturated heterocycles. The third-order valence-electron chi connectivity index (χ3n) is 7.80. The number of hydrogen-bond donors (Lipinski definition) is 0. The molecule has 0 spiro atoms. The van der Waals surface area contributed by atoms with Crippen LogP contribution in [0, 0.1) is 5.92 Å². The number of nitrogens with zero attached hydrogens (tertiary/aromatic N) is 1. The zero-order chi connectivity index (χ0) is 30.4. The third kappa shape index (κ3) is 27.8. The van der Waals surface area contributed by atoms with E-state index >= 15 is 0 Å². The lowest BCUT2D eigenvalue weighted by atomic mass is 10.1. The molecule has 0 aromatic heterocycles. The number of thioether (sulfide) groups is 1. The quantitative estimate of drug-likeness (QED) is 0.0584. The van der Waals surface area contributed by atoms with Crippen LogP contribution in [0.3, 0.4) is 0 Å². The van der Waals surface area contributed by atoms with Gasteiger partial charge in [-0.05, 0) is 64.9 Å². The highest BCUT2D eigenvalue weighted by atomic mass is 32.2. The van der Waals surface area contributed by atoms with Gasteiger partial charge in [-0.3, -0.25) is 9.59 Å². The number of rotatable bonds is 31. The molecule has 244 valence electrons. The summed E-state index contributed by atoms with van der Waals surface area (Å²) in [5, 5.41) is 0. The van der Waals surface area contributed by atoms with Crippen LogP contribution < -0.4 is 0 Å². The standard InChI is InChI=1S/C35H69NO4S/c1-6-9-12-13-17-20-23-30-41-31-32(27-28-36(4)5)35(38)39-29-22-19-16-14-15-18-21-26-34(37)40-33(24-10-7-2)25-11-8-3/h32-33H,6-31H2,1-5H3. The Kier molecular flexibility index (Phi) is 30.1. The largest absolute Gasteiger partial charge is 0.465 e. The van der Waals surface area contributed by atoms with E-state index in [1.807, 2.05) is 11.8 Å². The molecule has 0 radical (unpaired) electrons. The molecule has 0 aliphatic rings. The Balaban J connectivity index is 3.91. The SMILES string of the molecule is CCCCCCCCCSCC(CCN(C)C)C(=O)OCCCCCCCCCC(=O)OC(CCCC)CCCC. The first-order chi connectivity index (χ1) is 19.9. The molecule has 0 heterocycles. The van der Waals surface area contributed by atoms with E-state index in [-0.39, 0.29) is 24.0 Å². The fourth-order valence-electron chi connectivity index (χ4n) is 4.99. The van der Waals surface area contributed by atoms with Gasteiger partial charge in [0.1, 0.15) is 6.10 Å². The molecule has 1 unspecified atom stereocenters. The summed E-state index contributed by atoms with van der Waals surface area (Å²) in [6.45, 7) is 8.11. The topological polar surface area (TPSA) is 55.8 Å². The molecule has 0 aromatic carbocycles. The molecule has 0 aromatic rings. The van der Waals surface area contributed by atoms with Gasteiger partial charge in [-0.2, -0.15) is 11.8 Å². The first-order valence-electron chi connectivity index (χ1n) is 17.5. The van der Waals surface area contributed by atoms with E-state index in [0.717, 1.165) is 102 Å². The number of esters is 2. The molecule has 0 saturated carbocycles. The van der Waals surface area contributed by atoms with Crippen molar-refractivity contribution in [3.63, 3.8) is 0 Å². The van der Waals surface area contributed by atoms with E-state index in [1.165, 1.54) is 51.4 Å². The van der Waals surface area contributed by atoms with Crippen molar-refractivity contribution in [2.45, 2.75) is 168 Å². The number of ether oxygens (including phenoxy) is 2. The van der Waals surface area contributed by atoms with Gasteiger partial charge in [0, 0.05) is 12.2 Å². The fraction of sp³-hybridized carbons (Fsp3) is 0.943. The number of carbonyl (C=O) groups is 2. The fourth-order valence-corrected chi connectivity index (χ4v) is 6.15. The third-order valence-corrected chi connectivity index (χ3v) is 9.01. The average Bonchev–Trinajstić information content (AvgIpc) is 2.95. The van der Waals surface area contributed by atoms with E-state index in [2.05, 4.69) is 39.8 Å². The summed E-state index contributed by atoms with van der Waals surface area (Å²) < 4.78 is 11.5. The normalized spacial score (nSPS) is 12.3. The molecule has 0 bridgehead atoms. The van der Waals surface area contributed by atoms with Crippen LogP contribution in [0.1, 0.15) is 162 Å². The van der Waals surface area contributed by atoms with Gasteiger partial charge in [0.05, 0.1) is 12.5 Å². The molecule has 0 aliphatic heterocycles. The molecule has 0 amide bonds. The molecule has 41 heavy (non-hydrogen) atoms. The minimum Gasteiger partial charge on any atom is -0.465 e. The van der Waals surface area contributed by atoms with Crippen LogP contribution in [0.5, 0.6) is 0 Å². The van der Waals surface area contributed by atoms with Crippen LogP contribution in [-0.4, -0.2) is 61.7 Å². The lowest BCUT2D eigenvalue weighted by Gasteiger charge is -2.18. The minimum absolute atomic E-state index is 0.00238. The van der Waals surface area contributed by atoms with Gasteiger partial charge in [0.25, 0.3) is 0 Å². The van der Waals surface area contributed by atoms with Crippen LogP contribution in [0.4, 0.5) is 0 Å². The zero-order valence-electron chi connectivity index (χ0n) is 28.0. The maximum absolute atomic E-state index is 12.8. The van der Waals surface area contributed by atoms with Gasteiger partial charge in [0.2, 0.25) is 0 Å². The van der Waals surface area contributed by atoms with Crippen LogP contribution in [0.2, 0.25) is 0 Å². The Morgan fingerprint density at radius 3 is 1.78 bits per heavy atom. The number of carbonyl (C=O) groups excluding carboxylic acids is 2. The maximum Gasteiger partial charge on any atom is 0.309 e. The van der Waals surface area contributed by atoms with Gasteiger partial charge >= 0.3 is 11.9 Å². The molecule has 0 fully saturated rings. The second-order valence-electron chi connectivity index (χ2n) is 12.3. The molecule has 0 rings (SSSR count). The van der Waals surface area contributed by atoms with Crippen molar-refractivity contribution in [3.8, 4) is 0 Å². The Morgan fingerprint density at radius 1 is 0.659 bits per heavy atom. The lowest BCUT2D eigenvalue weighted by Crippen LogP contribution is -2.25. The van der Waals surface area contributed by atoms with Crippen molar-refractivity contribution in [1.82, 2.24) is 4.90 Å². The highest BCUT2D eigenvalue weighted by Crippen LogP contribution is 2.18. The highest BCUT2D eigenvalue weighted by molar-refractivity contribution is 7.99. The van der Waals surface area contributed by atoms with Gasteiger partial charge < -0.3 is 14.4 Å². The van der Waals surface area contributed by atoms with Crippen molar-refractivity contribution in [1.29, 1.82) is 0 Å². The smallest absolute Gasteiger partial charge is 0.309 e. The average molecular weight is 600 g/mol.